The maximum Gasteiger partial charge on any atom is 0.211 e. The third-order valence-corrected chi connectivity index (χ3v) is 8.65. The van der Waals surface area contributed by atoms with Gasteiger partial charge < -0.3 is 11.1 Å². The number of hydrogen-bond acceptors (Lipinski definition) is 6. The van der Waals surface area contributed by atoms with Gasteiger partial charge in [-0.1, -0.05) is 52.3 Å². The van der Waals surface area contributed by atoms with E-state index in [-0.39, 0.29) is 26.1 Å². The molecule has 0 bridgehead atoms. The third-order valence-electron chi connectivity index (χ3n) is 5.01. The van der Waals surface area contributed by atoms with Crippen molar-refractivity contribution in [2.75, 3.05) is 11.1 Å². The molecule has 0 radical (unpaired) electrons. The Bertz CT molecular complexity index is 1430. The van der Waals surface area contributed by atoms with E-state index in [9.17, 15) is 13.2 Å². The maximum atomic E-state index is 13.6. The van der Waals surface area contributed by atoms with Crippen molar-refractivity contribution < 1.29 is 13.2 Å². The molecule has 0 spiro atoms. The fourth-order valence-corrected chi connectivity index (χ4v) is 6.77. The van der Waals surface area contributed by atoms with E-state index in [1.807, 2.05) is 38.1 Å². The average Bonchev–Trinajstić information content (AvgIpc) is 3.09. The molecule has 5 nitrogen and oxygen atoms in total. The number of rotatable bonds is 6. The minimum absolute atomic E-state index is 0.0522. The van der Waals surface area contributed by atoms with E-state index in [1.165, 1.54) is 12.1 Å². The van der Waals surface area contributed by atoms with Crippen LogP contribution in [0.1, 0.15) is 26.4 Å². The maximum absolute atomic E-state index is 13.6. The summed E-state index contributed by atoms with van der Waals surface area (Å²) in [7, 11) is -4.00. The van der Waals surface area contributed by atoms with Crippen molar-refractivity contribution in [1.29, 1.82) is 0 Å². The van der Waals surface area contributed by atoms with E-state index >= 15 is 0 Å². The molecule has 0 aliphatic carbocycles. The molecule has 168 valence electrons. The summed E-state index contributed by atoms with van der Waals surface area (Å²) in [5.74, 6) is -0.321. The molecule has 0 atom stereocenters. The van der Waals surface area contributed by atoms with Crippen molar-refractivity contribution in [2.24, 2.45) is 0 Å². The number of nitrogens with two attached hydrogens (primary N) is 1. The molecular formula is C25H21BrN2O3S2. The van der Waals surface area contributed by atoms with Crippen LogP contribution in [-0.2, 0) is 9.84 Å². The molecule has 4 aromatic rings. The molecule has 4 rings (SSSR count). The van der Waals surface area contributed by atoms with Gasteiger partial charge in [-0.15, -0.1) is 11.3 Å². The Labute approximate surface area is 205 Å². The van der Waals surface area contributed by atoms with Crippen molar-refractivity contribution >= 4 is 59.3 Å². The summed E-state index contributed by atoms with van der Waals surface area (Å²) in [6.07, 6.45) is 0. The van der Waals surface area contributed by atoms with E-state index in [0.29, 0.717) is 10.6 Å². The van der Waals surface area contributed by atoms with Gasteiger partial charge in [-0.3, -0.25) is 4.79 Å². The molecule has 1 heterocycles. The summed E-state index contributed by atoms with van der Waals surface area (Å²) in [6, 6.07) is 20.9. The van der Waals surface area contributed by atoms with Crippen LogP contribution in [0.25, 0.3) is 0 Å². The van der Waals surface area contributed by atoms with Crippen LogP contribution in [0.2, 0.25) is 0 Å². The fraction of sp³-hybridized carbons (Fsp3) is 0.0800. The number of carbonyl (C=O) groups excluding carboxylic acids is 1. The quantitative estimate of drug-likeness (QED) is 0.272. The van der Waals surface area contributed by atoms with Gasteiger partial charge in [0.05, 0.1) is 10.6 Å². The first-order chi connectivity index (χ1) is 15.7. The standard InChI is InChI=1S/C25H21BrN2O3S2/c1-15-12-16(2)14-19(13-15)28-25-24(33(30,31)20-10-8-18(26)9-11-20)21(27)23(32-25)22(29)17-6-4-3-5-7-17/h3-14,28H,27H2,1-2H3. The molecule has 3 aromatic carbocycles. The van der Waals surface area contributed by atoms with E-state index in [1.54, 1.807) is 36.4 Å². The number of hydrogen-bond donors (Lipinski definition) is 2. The Balaban J connectivity index is 1.90. The molecular weight excluding hydrogens is 520 g/mol. The number of thiophene rings is 1. The molecule has 33 heavy (non-hydrogen) atoms. The van der Waals surface area contributed by atoms with Gasteiger partial charge in [0.1, 0.15) is 14.8 Å². The van der Waals surface area contributed by atoms with Crippen molar-refractivity contribution in [2.45, 2.75) is 23.6 Å². The average molecular weight is 541 g/mol. The Hall–Kier alpha value is -2.94. The summed E-state index contributed by atoms with van der Waals surface area (Å²) >= 11 is 4.38. The van der Waals surface area contributed by atoms with Crippen molar-refractivity contribution in [3.05, 3.63) is 98.8 Å². The van der Waals surface area contributed by atoms with Crippen LogP contribution in [0.4, 0.5) is 16.4 Å². The highest BCUT2D eigenvalue weighted by atomic mass is 79.9. The lowest BCUT2D eigenvalue weighted by Crippen LogP contribution is -2.08. The van der Waals surface area contributed by atoms with Crippen LogP contribution in [0.15, 0.2) is 87.1 Å². The highest BCUT2D eigenvalue weighted by Gasteiger charge is 2.31. The van der Waals surface area contributed by atoms with E-state index in [0.717, 1.165) is 32.6 Å². The second-order valence-corrected chi connectivity index (χ2v) is 11.5. The lowest BCUT2D eigenvalue weighted by molar-refractivity contribution is 0.104. The predicted molar refractivity (Wildman–Crippen MR) is 137 cm³/mol. The first kappa shape index (κ1) is 23.2. The molecule has 0 unspecified atom stereocenters. The summed E-state index contributed by atoms with van der Waals surface area (Å²) in [6.45, 7) is 3.93. The van der Waals surface area contributed by atoms with Crippen LogP contribution in [-0.4, -0.2) is 14.2 Å². The monoisotopic (exact) mass is 540 g/mol. The highest BCUT2D eigenvalue weighted by Crippen LogP contribution is 2.44. The molecule has 0 amide bonds. The summed E-state index contributed by atoms with van der Waals surface area (Å²) in [5, 5.41) is 3.51. The Morgan fingerprint density at radius 1 is 0.939 bits per heavy atom. The van der Waals surface area contributed by atoms with Gasteiger partial charge in [0, 0.05) is 15.7 Å². The number of halogens is 1. The van der Waals surface area contributed by atoms with Crippen LogP contribution in [0, 0.1) is 13.8 Å². The minimum atomic E-state index is -4.00. The first-order valence-electron chi connectivity index (χ1n) is 10.0. The van der Waals surface area contributed by atoms with E-state index in [2.05, 4.69) is 21.2 Å². The zero-order valence-corrected chi connectivity index (χ0v) is 21.1. The van der Waals surface area contributed by atoms with Gasteiger partial charge in [-0.05, 0) is 61.4 Å². The molecule has 0 saturated heterocycles. The molecule has 0 aliphatic heterocycles. The summed E-state index contributed by atoms with van der Waals surface area (Å²) < 4.78 is 28.0. The Kier molecular flexibility index (Phi) is 6.43. The molecule has 0 aliphatic rings. The Morgan fingerprint density at radius 2 is 1.55 bits per heavy atom. The normalized spacial score (nSPS) is 11.4. The van der Waals surface area contributed by atoms with Gasteiger partial charge in [0.15, 0.2) is 0 Å². The topological polar surface area (TPSA) is 89.3 Å². The lowest BCUT2D eigenvalue weighted by Gasteiger charge is -2.11. The van der Waals surface area contributed by atoms with Crippen molar-refractivity contribution in [3.63, 3.8) is 0 Å². The zero-order valence-electron chi connectivity index (χ0n) is 17.9. The molecule has 1 aromatic heterocycles. The molecule has 0 saturated carbocycles. The number of aryl methyl sites for hydroxylation is 2. The van der Waals surface area contributed by atoms with Gasteiger partial charge in [0.2, 0.25) is 15.6 Å². The number of ketones is 1. The van der Waals surface area contributed by atoms with E-state index < -0.39 is 9.84 Å². The van der Waals surface area contributed by atoms with Crippen LogP contribution < -0.4 is 11.1 Å². The van der Waals surface area contributed by atoms with Crippen molar-refractivity contribution in [3.8, 4) is 0 Å². The first-order valence-corrected chi connectivity index (χ1v) is 13.1. The van der Waals surface area contributed by atoms with Gasteiger partial charge in [0.25, 0.3) is 0 Å². The number of sulfone groups is 1. The predicted octanol–water partition coefficient (Wildman–Crippen LogP) is 6.52. The largest absolute Gasteiger partial charge is 0.396 e. The van der Waals surface area contributed by atoms with Gasteiger partial charge in [-0.25, -0.2) is 8.42 Å². The summed E-state index contributed by atoms with van der Waals surface area (Å²) in [5.41, 5.74) is 9.54. The number of anilines is 3. The second kappa shape index (κ2) is 9.13. The van der Waals surface area contributed by atoms with Crippen LogP contribution in [0.5, 0.6) is 0 Å². The SMILES string of the molecule is Cc1cc(C)cc(Nc2sc(C(=O)c3ccccc3)c(N)c2S(=O)(=O)c2ccc(Br)cc2)c1. The zero-order chi connectivity index (χ0) is 23.8. The van der Waals surface area contributed by atoms with Crippen LogP contribution >= 0.6 is 27.3 Å². The highest BCUT2D eigenvalue weighted by molar-refractivity contribution is 9.10. The van der Waals surface area contributed by atoms with Crippen molar-refractivity contribution in [1.82, 2.24) is 0 Å². The lowest BCUT2D eigenvalue weighted by atomic mass is 10.1. The number of nitrogen functional groups attached to an aromatic ring is 1. The summed E-state index contributed by atoms with van der Waals surface area (Å²) in [4.78, 5) is 13.4. The number of nitrogens with one attached hydrogen (secondary N) is 1. The molecule has 3 N–H and O–H groups in total. The molecule has 8 heteroatoms. The van der Waals surface area contributed by atoms with Gasteiger partial charge in [-0.2, -0.15) is 0 Å². The third kappa shape index (κ3) is 4.73. The second-order valence-electron chi connectivity index (χ2n) is 7.66. The number of benzene rings is 3. The van der Waals surface area contributed by atoms with E-state index in [4.69, 9.17) is 5.73 Å². The smallest absolute Gasteiger partial charge is 0.211 e. The van der Waals surface area contributed by atoms with Crippen LogP contribution in [0.3, 0.4) is 0 Å². The number of carbonyl (C=O) groups is 1. The fourth-order valence-electron chi connectivity index (χ4n) is 3.58. The molecule has 0 fully saturated rings. The Morgan fingerprint density at radius 3 is 2.15 bits per heavy atom. The minimum Gasteiger partial charge on any atom is -0.396 e. The van der Waals surface area contributed by atoms with Gasteiger partial charge >= 0.3 is 0 Å².